The maximum atomic E-state index is 13.7. The Morgan fingerprint density at radius 1 is 1.15 bits per heavy atom. The second kappa shape index (κ2) is 8.27. The Kier molecular flexibility index (Phi) is 5.83. The van der Waals surface area contributed by atoms with Gasteiger partial charge in [0.2, 0.25) is 5.91 Å². The summed E-state index contributed by atoms with van der Waals surface area (Å²) in [6.45, 7) is 1.07. The van der Waals surface area contributed by atoms with E-state index in [-0.39, 0.29) is 30.2 Å². The Bertz CT molecular complexity index is 747. The highest BCUT2D eigenvalue weighted by atomic mass is 19.1. The van der Waals surface area contributed by atoms with E-state index in [0.29, 0.717) is 25.9 Å². The molecule has 0 radical (unpaired) electrons. The molecule has 1 fully saturated rings. The molecule has 1 atom stereocenters. The van der Waals surface area contributed by atoms with Crippen molar-refractivity contribution in [2.75, 3.05) is 13.1 Å². The van der Waals surface area contributed by atoms with Crippen LogP contribution >= 0.6 is 0 Å². The van der Waals surface area contributed by atoms with Crippen LogP contribution in [-0.2, 0) is 4.79 Å². The van der Waals surface area contributed by atoms with Gasteiger partial charge >= 0.3 is 0 Å². The minimum absolute atomic E-state index is 0.00719. The van der Waals surface area contributed by atoms with Crippen molar-refractivity contribution in [3.63, 3.8) is 0 Å². The van der Waals surface area contributed by atoms with Crippen molar-refractivity contribution in [3.05, 3.63) is 65.7 Å². The molecule has 1 unspecified atom stereocenters. The van der Waals surface area contributed by atoms with Gasteiger partial charge in [-0.3, -0.25) is 4.79 Å². The quantitative estimate of drug-likeness (QED) is 0.889. The zero-order valence-corrected chi connectivity index (χ0v) is 14.4. The number of halogens is 2. The van der Waals surface area contributed by atoms with E-state index in [9.17, 15) is 13.6 Å². The zero-order chi connectivity index (χ0) is 18.5. The maximum Gasteiger partial charge on any atom is 0.224 e. The van der Waals surface area contributed by atoms with Crippen molar-refractivity contribution in [1.29, 1.82) is 0 Å². The lowest BCUT2D eigenvalue weighted by atomic mass is 10.0. The number of amides is 1. The first kappa shape index (κ1) is 18.3. The first-order chi connectivity index (χ1) is 12.5. The van der Waals surface area contributed by atoms with E-state index in [0.717, 1.165) is 11.6 Å². The fourth-order valence-electron chi connectivity index (χ4n) is 3.11. The van der Waals surface area contributed by atoms with Crippen LogP contribution in [0.25, 0.3) is 0 Å². The van der Waals surface area contributed by atoms with Crippen molar-refractivity contribution in [1.82, 2.24) is 4.90 Å². The van der Waals surface area contributed by atoms with Gasteiger partial charge in [-0.05, 0) is 17.7 Å². The molecule has 1 aliphatic rings. The number of piperidine rings is 1. The van der Waals surface area contributed by atoms with Gasteiger partial charge in [0.15, 0.2) is 11.6 Å². The van der Waals surface area contributed by atoms with Crippen molar-refractivity contribution in [2.45, 2.75) is 31.4 Å². The summed E-state index contributed by atoms with van der Waals surface area (Å²) in [5.41, 5.74) is 7.05. The van der Waals surface area contributed by atoms with Gasteiger partial charge in [-0.25, -0.2) is 8.78 Å². The lowest BCUT2D eigenvalue weighted by Crippen LogP contribution is -2.42. The summed E-state index contributed by atoms with van der Waals surface area (Å²) >= 11 is 0. The van der Waals surface area contributed by atoms with E-state index in [1.54, 1.807) is 4.90 Å². The number of hydrogen-bond donors (Lipinski definition) is 1. The molecule has 1 heterocycles. The third-order valence-corrected chi connectivity index (χ3v) is 4.60. The molecule has 0 aliphatic carbocycles. The number of benzene rings is 2. The lowest BCUT2D eigenvalue weighted by Gasteiger charge is -2.33. The highest BCUT2D eigenvalue weighted by Crippen LogP contribution is 2.24. The molecular formula is C20H22F2N2O2. The predicted octanol–water partition coefficient (Wildman–Crippen LogP) is 3.42. The van der Waals surface area contributed by atoms with Gasteiger partial charge in [0, 0.05) is 44.5 Å². The summed E-state index contributed by atoms with van der Waals surface area (Å²) in [7, 11) is 0. The largest absolute Gasteiger partial charge is 0.487 e. The molecular weight excluding hydrogens is 338 g/mol. The summed E-state index contributed by atoms with van der Waals surface area (Å²) < 4.78 is 32.2. The van der Waals surface area contributed by atoms with Crippen LogP contribution in [0.3, 0.4) is 0 Å². The topological polar surface area (TPSA) is 55.6 Å². The van der Waals surface area contributed by atoms with E-state index in [1.807, 2.05) is 30.3 Å². The van der Waals surface area contributed by atoms with E-state index < -0.39 is 11.6 Å². The van der Waals surface area contributed by atoms with Gasteiger partial charge in [-0.15, -0.1) is 0 Å². The summed E-state index contributed by atoms with van der Waals surface area (Å²) in [5, 5.41) is 0. The third kappa shape index (κ3) is 4.58. The normalized spacial score (nSPS) is 16.3. The van der Waals surface area contributed by atoms with Crippen molar-refractivity contribution in [3.8, 4) is 5.75 Å². The van der Waals surface area contributed by atoms with Crippen molar-refractivity contribution in [2.24, 2.45) is 5.73 Å². The van der Waals surface area contributed by atoms with E-state index in [1.165, 1.54) is 12.1 Å². The lowest BCUT2D eigenvalue weighted by molar-refractivity contribution is -0.133. The second-order valence-electron chi connectivity index (χ2n) is 6.49. The molecule has 1 aliphatic heterocycles. The van der Waals surface area contributed by atoms with Crippen LogP contribution in [0.1, 0.15) is 30.9 Å². The minimum Gasteiger partial charge on any atom is -0.487 e. The van der Waals surface area contributed by atoms with Gasteiger partial charge in [-0.1, -0.05) is 30.3 Å². The number of ether oxygens (including phenoxy) is 1. The SMILES string of the molecule is NC(CC(=O)N1CCC(Oc2ccc(F)cc2F)CC1)c1ccccc1. The Hall–Kier alpha value is -2.47. The van der Waals surface area contributed by atoms with Gasteiger partial charge in [0.25, 0.3) is 0 Å². The fraction of sp³-hybridized carbons (Fsp3) is 0.350. The summed E-state index contributed by atoms with van der Waals surface area (Å²) in [6, 6.07) is 12.5. The Labute approximate surface area is 151 Å². The number of nitrogens with zero attached hydrogens (tertiary/aromatic N) is 1. The van der Waals surface area contributed by atoms with Gasteiger partial charge in [0.05, 0.1) is 0 Å². The van der Waals surface area contributed by atoms with Gasteiger partial charge in [-0.2, -0.15) is 0 Å². The molecule has 0 bridgehead atoms. The molecule has 26 heavy (non-hydrogen) atoms. The molecule has 6 heteroatoms. The molecule has 2 aromatic carbocycles. The Balaban J connectivity index is 1.49. The molecule has 138 valence electrons. The van der Waals surface area contributed by atoms with Crippen LogP contribution in [0.4, 0.5) is 8.78 Å². The van der Waals surface area contributed by atoms with Gasteiger partial charge in [0.1, 0.15) is 11.9 Å². The molecule has 4 nitrogen and oxygen atoms in total. The van der Waals surface area contributed by atoms with Crippen LogP contribution in [0.15, 0.2) is 48.5 Å². The second-order valence-corrected chi connectivity index (χ2v) is 6.49. The molecule has 1 saturated heterocycles. The fourth-order valence-corrected chi connectivity index (χ4v) is 3.11. The number of hydrogen-bond acceptors (Lipinski definition) is 3. The molecule has 1 amide bonds. The maximum absolute atomic E-state index is 13.7. The first-order valence-electron chi connectivity index (χ1n) is 8.73. The summed E-state index contributed by atoms with van der Waals surface area (Å²) in [4.78, 5) is 14.2. The number of likely N-dealkylation sites (tertiary alicyclic amines) is 1. The smallest absolute Gasteiger partial charge is 0.224 e. The average molecular weight is 360 g/mol. The number of rotatable bonds is 5. The predicted molar refractivity (Wildman–Crippen MR) is 94.6 cm³/mol. The third-order valence-electron chi connectivity index (χ3n) is 4.60. The van der Waals surface area contributed by atoms with E-state index in [4.69, 9.17) is 10.5 Å². The number of carbonyl (C=O) groups excluding carboxylic acids is 1. The first-order valence-corrected chi connectivity index (χ1v) is 8.73. The Morgan fingerprint density at radius 3 is 2.50 bits per heavy atom. The Morgan fingerprint density at radius 2 is 1.85 bits per heavy atom. The van der Waals surface area contributed by atoms with Crippen molar-refractivity contribution >= 4 is 5.91 Å². The number of carbonyl (C=O) groups is 1. The van der Waals surface area contributed by atoms with E-state index in [2.05, 4.69) is 0 Å². The van der Waals surface area contributed by atoms with Crippen LogP contribution in [0.2, 0.25) is 0 Å². The molecule has 0 spiro atoms. The monoisotopic (exact) mass is 360 g/mol. The van der Waals surface area contributed by atoms with Crippen LogP contribution in [-0.4, -0.2) is 30.0 Å². The van der Waals surface area contributed by atoms with Crippen LogP contribution in [0, 0.1) is 11.6 Å². The zero-order valence-electron chi connectivity index (χ0n) is 14.4. The molecule has 2 N–H and O–H groups in total. The summed E-state index contributed by atoms with van der Waals surface area (Å²) in [6.07, 6.45) is 1.26. The molecule has 0 saturated carbocycles. The van der Waals surface area contributed by atoms with E-state index >= 15 is 0 Å². The van der Waals surface area contributed by atoms with Gasteiger partial charge < -0.3 is 15.4 Å². The highest BCUT2D eigenvalue weighted by Gasteiger charge is 2.25. The molecule has 0 aromatic heterocycles. The minimum atomic E-state index is -0.711. The van der Waals surface area contributed by atoms with Crippen molar-refractivity contribution < 1.29 is 18.3 Å². The standard InChI is InChI=1S/C20H22F2N2O2/c21-15-6-7-19(17(22)12-15)26-16-8-10-24(11-9-16)20(25)13-18(23)14-4-2-1-3-5-14/h1-7,12,16,18H,8-11,13,23H2. The summed E-state index contributed by atoms with van der Waals surface area (Å²) in [5.74, 6) is -1.29. The van der Waals surface area contributed by atoms with Crippen LogP contribution in [0.5, 0.6) is 5.75 Å². The highest BCUT2D eigenvalue weighted by molar-refractivity contribution is 5.77. The van der Waals surface area contributed by atoms with Crippen LogP contribution < -0.4 is 10.5 Å². The number of nitrogens with two attached hydrogens (primary N) is 1. The molecule has 3 rings (SSSR count). The molecule has 2 aromatic rings. The average Bonchev–Trinajstić information content (AvgIpc) is 2.65.